The molecule has 0 spiro atoms. The molecule has 2 aliphatic heterocycles. The number of nitrogens with one attached hydrogen (secondary N) is 1. The molecule has 2 heterocycles. The number of hydrogen-bond donors (Lipinski definition) is 2. The molecule has 0 aromatic heterocycles. The second-order valence-electron chi connectivity index (χ2n) is 15.9. The topological polar surface area (TPSA) is 127 Å². The second-order valence-corrected chi connectivity index (χ2v) is 16.7. The molecule has 3 aromatic rings. The molecular weight excluding hydrogens is 745 g/mol. The molecule has 55 heavy (non-hydrogen) atoms. The van der Waals surface area contributed by atoms with Crippen molar-refractivity contribution >= 4 is 46.7 Å². The van der Waals surface area contributed by atoms with E-state index in [1.165, 1.54) is 0 Å². The van der Waals surface area contributed by atoms with Gasteiger partial charge in [0.05, 0.1) is 47.8 Å². The van der Waals surface area contributed by atoms with E-state index in [0.717, 1.165) is 24.2 Å². The van der Waals surface area contributed by atoms with Crippen LogP contribution in [0.4, 0.5) is 5.69 Å². The number of aromatic hydroxyl groups is 1. The lowest BCUT2D eigenvalue weighted by atomic mass is 9.93. The fourth-order valence-corrected chi connectivity index (χ4v) is 6.78. The van der Waals surface area contributed by atoms with Crippen LogP contribution in [-0.2, 0) is 34.1 Å². The van der Waals surface area contributed by atoms with Crippen LogP contribution in [-0.4, -0.2) is 96.4 Å². The van der Waals surface area contributed by atoms with Crippen LogP contribution < -0.4 is 5.32 Å². The Hall–Kier alpha value is -3.71. The second kappa shape index (κ2) is 19.4. The van der Waals surface area contributed by atoms with Crippen LogP contribution in [0.25, 0.3) is 0 Å². The normalized spacial score (nSPS) is 19.5. The first-order valence-corrected chi connectivity index (χ1v) is 19.3. The molecule has 2 saturated heterocycles. The summed E-state index contributed by atoms with van der Waals surface area (Å²) < 4.78 is 22.6. The number of phenols is 1. The molecule has 0 aliphatic carbocycles. The quantitative estimate of drug-likeness (QED) is 0.195. The van der Waals surface area contributed by atoms with Crippen LogP contribution >= 0.6 is 23.2 Å². The monoisotopic (exact) mass is 799 g/mol. The first kappa shape index (κ1) is 44.0. The van der Waals surface area contributed by atoms with Gasteiger partial charge < -0.3 is 29.4 Å². The van der Waals surface area contributed by atoms with Gasteiger partial charge in [0, 0.05) is 45.0 Å². The summed E-state index contributed by atoms with van der Waals surface area (Å²) in [6, 6.07) is 19.5. The SMILES string of the molecule is CC(C)(C)OC(=O)CCN1CCOC(C)(c2ccc(O)cc2)C1.CC(C)(C)OC(=O)CCN1CCOC(c2ccc(NC(=O)c3c(Cl)cccc3Cl)cc2)C1. The third-order valence-corrected chi connectivity index (χ3v) is 9.45. The molecule has 2 N–H and O–H groups in total. The van der Waals surface area contributed by atoms with Crippen molar-refractivity contribution in [2.75, 3.05) is 57.8 Å². The number of carbonyl (C=O) groups is 3. The maximum Gasteiger partial charge on any atom is 0.307 e. The van der Waals surface area contributed by atoms with Gasteiger partial charge in [-0.05, 0) is 96.0 Å². The van der Waals surface area contributed by atoms with E-state index in [2.05, 4.69) is 15.1 Å². The zero-order valence-electron chi connectivity index (χ0n) is 33.0. The van der Waals surface area contributed by atoms with E-state index in [1.54, 1.807) is 30.3 Å². The van der Waals surface area contributed by atoms with E-state index in [9.17, 15) is 19.5 Å². The Balaban J connectivity index is 0.000000258. The summed E-state index contributed by atoms with van der Waals surface area (Å²) in [5, 5.41) is 12.8. The van der Waals surface area contributed by atoms with E-state index in [1.807, 2.05) is 84.9 Å². The van der Waals surface area contributed by atoms with Crippen molar-refractivity contribution in [2.24, 2.45) is 0 Å². The van der Waals surface area contributed by atoms with E-state index in [-0.39, 0.29) is 35.3 Å². The molecule has 3 aromatic carbocycles. The van der Waals surface area contributed by atoms with Crippen LogP contribution in [0.15, 0.2) is 66.7 Å². The summed E-state index contributed by atoms with van der Waals surface area (Å²) in [5.41, 5.74) is 1.56. The number of anilines is 1. The summed E-state index contributed by atoms with van der Waals surface area (Å²) in [4.78, 5) is 40.8. The minimum absolute atomic E-state index is 0.106. The number of amides is 1. The van der Waals surface area contributed by atoms with Gasteiger partial charge >= 0.3 is 11.9 Å². The first-order valence-electron chi connectivity index (χ1n) is 18.6. The summed E-state index contributed by atoms with van der Waals surface area (Å²) in [7, 11) is 0. The molecule has 0 saturated carbocycles. The molecule has 300 valence electrons. The predicted octanol–water partition coefficient (Wildman–Crippen LogP) is 8.02. The van der Waals surface area contributed by atoms with Crippen LogP contribution in [0.1, 0.15) is 88.9 Å². The van der Waals surface area contributed by atoms with E-state index >= 15 is 0 Å². The molecule has 0 bridgehead atoms. The van der Waals surface area contributed by atoms with Gasteiger partial charge in [0.25, 0.3) is 5.91 Å². The molecule has 1 amide bonds. The number of hydrogen-bond acceptors (Lipinski definition) is 10. The standard InChI is InChI=1S/C24H28Cl2N2O4.C18H27NO4/c1-24(2,3)32-21(29)11-12-28-13-14-31-20(15-28)16-7-9-17(10-8-16)27-23(30)22-18(25)5-4-6-19(22)26;1-17(2,3)23-16(21)9-10-19-11-12-22-18(4,13-19)14-5-7-15(20)8-6-14/h4-10,20H,11-15H2,1-3H3,(H,27,30);5-8,20H,9-13H2,1-4H3. The highest BCUT2D eigenvalue weighted by Crippen LogP contribution is 2.31. The molecule has 2 fully saturated rings. The van der Waals surface area contributed by atoms with E-state index in [0.29, 0.717) is 68.0 Å². The fraction of sp³-hybridized carbons (Fsp3) is 0.500. The minimum atomic E-state index is -0.473. The molecule has 2 unspecified atom stereocenters. The molecule has 11 nitrogen and oxygen atoms in total. The molecular formula is C42H55Cl2N3O8. The van der Waals surface area contributed by atoms with Crippen molar-refractivity contribution in [3.8, 4) is 5.75 Å². The lowest BCUT2D eigenvalue weighted by Crippen LogP contribution is -2.48. The van der Waals surface area contributed by atoms with Gasteiger partial charge in [0.2, 0.25) is 0 Å². The van der Waals surface area contributed by atoms with Crippen molar-refractivity contribution < 1.29 is 38.4 Å². The number of ether oxygens (including phenoxy) is 4. The number of nitrogens with zero attached hydrogens (tertiary/aromatic N) is 2. The Morgan fingerprint density at radius 3 is 1.93 bits per heavy atom. The third-order valence-electron chi connectivity index (χ3n) is 8.82. The Bertz CT molecular complexity index is 1720. The van der Waals surface area contributed by atoms with Gasteiger partial charge in [0.1, 0.15) is 22.6 Å². The van der Waals surface area contributed by atoms with Crippen LogP contribution in [0.3, 0.4) is 0 Å². The number of rotatable bonds is 10. The van der Waals surface area contributed by atoms with Gasteiger partial charge in [-0.2, -0.15) is 0 Å². The van der Waals surface area contributed by atoms with Crippen LogP contribution in [0.5, 0.6) is 5.75 Å². The Kier molecular flexibility index (Phi) is 15.6. The lowest BCUT2D eigenvalue weighted by Gasteiger charge is -2.41. The number of morpholine rings is 2. The van der Waals surface area contributed by atoms with E-state index < -0.39 is 16.8 Å². The summed E-state index contributed by atoms with van der Waals surface area (Å²) in [6.07, 6.45) is 0.618. The Morgan fingerprint density at radius 2 is 1.36 bits per heavy atom. The summed E-state index contributed by atoms with van der Waals surface area (Å²) in [5.74, 6) is -0.486. The van der Waals surface area contributed by atoms with Crippen LogP contribution in [0, 0.1) is 0 Å². The molecule has 0 radical (unpaired) electrons. The van der Waals surface area contributed by atoms with Gasteiger partial charge in [-0.1, -0.05) is 53.5 Å². The summed E-state index contributed by atoms with van der Waals surface area (Å²) >= 11 is 12.2. The zero-order chi connectivity index (χ0) is 40.4. The Morgan fingerprint density at radius 1 is 0.818 bits per heavy atom. The molecule has 13 heteroatoms. The maximum atomic E-state index is 12.5. The molecule has 2 atom stereocenters. The van der Waals surface area contributed by atoms with Gasteiger partial charge in [-0.15, -0.1) is 0 Å². The molecule has 5 rings (SSSR count). The number of halogens is 2. The zero-order valence-corrected chi connectivity index (χ0v) is 34.5. The predicted molar refractivity (Wildman–Crippen MR) is 215 cm³/mol. The van der Waals surface area contributed by atoms with Crippen molar-refractivity contribution in [1.29, 1.82) is 0 Å². The van der Waals surface area contributed by atoms with Crippen molar-refractivity contribution in [3.63, 3.8) is 0 Å². The number of carbonyl (C=O) groups excluding carboxylic acids is 3. The van der Waals surface area contributed by atoms with Gasteiger partial charge in [-0.25, -0.2) is 0 Å². The fourth-order valence-electron chi connectivity index (χ4n) is 6.21. The minimum Gasteiger partial charge on any atom is -0.508 e. The lowest BCUT2D eigenvalue weighted by molar-refractivity contribution is -0.157. The highest BCUT2D eigenvalue weighted by atomic mass is 35.5. The highest BCUT2D eigenvalue weighted by molar-refractivity contribution is 6.40. The van der Waals surface area contributed by atoms with E-state index in [4.69, 9.17) is 42.1 Å². The third kappa shape index (κ3) is 14.4. The maximum absolute atomic E-state index is 12.5. The van der Waals surface area contributed by atoms with Gasteiger partial charge in [0.15, 0.2) is 0 Å². The highest BCUT2D eigenvalue weighted by Gasteiger charge is 2.34. The van der Waals surface area contributed by atoms with Crippen molar-refractivity contribution in [1.82, 2.24) is 9.80 Å². The smallest absolute Gasteiger partial charge is 0.307 e. The van der Waals surface area contributed by atoms with Crippen molar-refractivity contribution in [2.45, 2.75) is 84.2 Å². The largest absolute Gasteiger partial charge is 0.508 e. The average molecular weight is 801 g/mol. The average Bonchev–Trinajstić information content (AvgIpc) is 3.09. The molecule has 2 aliphatic rings. The van der Waals surface area contributed by atoms with Gasteiger partial charge in [-0.3, -0.25) is 24.2 Å². The van der Waals surface area contributed by atoms with Crippen molar-refractivity contribution in [3.05, 3.63) is 93.5 Å². The number of phenolic OH excluding ortho intramolecular Hbond substituents is 1. The van der Waals surface area contributed by atoms with Crippen LogP contribution in [0.2, 0.25) is 10.0 Å². The first-order chi connectivity index (χ1) is 25.8. The number of esters is 2. The Labute approximate surface area is 335 Å². The number of benzene rings is 3. The summed E-state index contributed by atoms with van der Waals surface area (Å²) in [6.45, 7) is 18.7.